The van der Waals surface area contributed by atoms with E-state index in [-0.39, 0.29) is 13.1 Å². The SMILES string of the molecule is CC(=Nc1ccc(C(F)(F)F)cc1)C1=CCC(C(C)=Nc2ccc(C(F)(F)F)cc2)=N1.[Cl][Fe][Cl]. The first-order chi connectivity index (χ1) is 15.8. The zero-order valence-corrected chi connectivity index (χ0v) is 20.2. The fraction of sp³-hybridized carbons (Fsp3) is 0.227. The van der Waals surface area contributed by atoms with Gasteiger partial charge in [-0.2, -0.15) is 26.3 Å². The third-order valence-electron chi connectivity index (χ3n) is 4.52. The number of aliphatic imine (C=N–C) groups is 3. The van der Waals surface area contributed by atoms with Crippen molar-refractivity contribution in [2.45, 2.75) is 32.6 Å². The minimum absolute atomic E-state index is 0.194. The first-order valence-corrected chi connectivity index (χ1v) is 12.5. The molecule has 0 saturated carbocycles. The van der Waals surface area contributed by atoms with Gasteiger partial charge >= 0.3 is 45.7 Å². The molecule has 2 aromatic rings. The monoisotopic (exact) mass is 563 g/mol. The van der Waals surface area contributed by atoms with Gasteiger partial charge in [-0.05, 0) is 62.4 Å². The number of benzene rings is 2. The summed E-state index contributed by atoms with van der Waals surface area (Å²) in [6.07, 6.45) is -6.54. The molecule has 1 heterocycles. The van der Waals surface area contributed by atoms with Crippen LogP contribution < -0.4 is 0 Å². The van der Waals surface area contributed by atoms with Crippen LogP contribution in [0.5, 0.6) is 0 Å². The van der Waals surface area contributed by atoms with Gasteiger partial charge in [0.1, 0.15) is 0 Å². The summed E-state index contributed by atoms with van der Waals surface area (Å²) in [6, 6.07) is 8.99. The van der Waals surface area contributed by atoms with Gasteiger partial charge in [0.05, 0.1) is 45.3 Å². The molecule has 0 unspecified atom stereocenters. The van der Waals surface area contributed by atoms with Gasteiger partial charge in [-0.1, -0.05) is 6.08 Å². The predicted molar refractivity (Wildman–Crippen MR) is 120 cm³/mol. The summed E-state index contributed by atoms with van der Waals surface area (Å²) < 4.78 is 75.9. The van der Waals surface area contributed by atoms with Crippen molar-refractivity contribution in [2.75, 3.05) is 0 Å². The first kappa shape index (κ1) is 28.1. The third kappa shape index (κ3) is 8.27. The van der Waals surface area contributed by atoms with Crippen molar-refractivity contribution < 1.29 is 39.5 Å². The predicted octanol–water partition coefficient (Wildman–Crippen LogP) is 8.71. The van der Waals surface area contributed by atoms with Crippen LogP contribution in [0.3, 0.4) is 0 Å². The van der Waals surface area contributed by atoms with Crippen LogP contribution in [0.2, 0.25) is 0 Å². The molecule has 1 aliphatic rings. The molecule has 0 saturated heterocycles. The average molecular weight is 564 g/mol. The number of alkyl halides is 6. The van der Waals surface area contributed by atoms with Crippen LogP contribution in [-0.4, -0.2) is 17.1 Å². The van der Waals surface area contributed by atoms with Gasteiger partial charge in [0, 0.05) is 6.42 Å². The Bertz CT molecular complexity index is 1100. The Balaban J connectivity index is 0.00000129. The topological polar surface area (TPSA) is 37.1 Å². The van der Waals surface area contributed by atoms with Crippen molar-refractivity contribution in [3.63, 3.8) is 0 Å². The Kier molecular flexibility index (Phi) is 9.94. The van der Waals surface area contributed by atoms with Crippen molar-refractivity contribution in [3.05, 3.63) is 71.4 Å². The second-order valence-corrected chi connectivity index (χ2v) is 8.71. The van der Waals surface area contributed by atoms with E-state index in [1.165, 1.54) is 24.3 Å². The van der Waals surface area contributed by atoms with Crippen molar-refractivity contribution in [2.24, 2.45) is 15.0 Å². The quantitative estimate of drug-likeness (QED) is 0.203. The summed E-state index contributed by atoms with van der Waals surface area (Å²) in [6.45, 7) is 3.40. The first-order valence-electron chi connectivity index (χ1n) is 9.44. The Labute approximate surface area is 206 Å². The van der Waals surface area contributed by atoms with E-state index < -0.39 is 23.5 Å². The van der Waals surface area contributed by atoms with Gasteiger partial charge in [0.2, 0.25) is 0 Å². The molecule has 3 rings (SSSR count). The molecule has 0 atom stereocenters. The molecule has 0 aliphatic carbocycles. The Morgan fingerprint density at radius 2 is 1.15 bits per heavy atom. The fourth-order valence-corrected chi connectivity index (χ4v) is 2.85. The van der Waals surface area contributed by atoms with E-state index in [1.54, 1.807) is 13.8 Å². The number of hydrogen-bond acceptors (Lipinski definition) is 3. The molecule has 2 aromatic carbocycles. The van der Waals surface area contributed by atoms with E-state index in [2.05, 4.69) is 15.0 Å². The Hall–Kier alpha value is -2.13. The molecule has 12 heteroatoms. The number of nitrogens with zero attached hydrogens (tertiary/aromatic N) is 3. The number of allylic oxidation sites excluding steroid dienone is 2. The minimum atomic E-state index is -4.41. The summed E-state index contributed by atoms with van der Waals surface area (Å²) in [7, 11) is 9.53. The fourth-order valence-electron chi connectivity index (χ4n) is 2.85. The van der Waals surface area contributed by atoms with Gasteiger partial charge in [0.25, 0.3) is 0 Å². The second kappa shape index (κ2) is 12.0. The van der Waals surface area contributed by atoms with E-state index in [0.29, 0.717) is 40.6 Å². The molecule has 0 fully saturated rings. The van der Waals surface area contributed by atoms with Gasteiger partial charge in [0.15, 0.2) is 0 Å². The number of rotatable bonds is 4. The Morgan fingerprint density at radius 1 is 0.765 bits per heavy atom. The molecule has 184 valence electrons. The van der Waals surface area contributed by atoms with Crippen molar-refractivity contribution >= 4 is 48.7 Å². The van der Waals surface area contributed by atoms with Crippen LogP contribution >= 0.6 is 20.2 Å². The summed E-state index contributed by atoms with van der Waals surface area (Å²) in [5, 5.41) is 0. The number of hydrogen-bond donors (Lipinski definition) is 0. The second-order valence-electron chi connectivity index (χ2n) is 6.89. The molecule has 0 radical (unpaired) electrons. The van der Waals surface area contributed by atoms with Crippen LogP contribution in [0, 0.1) is 0 Å². The van der Waals surface area contributed by atoms with Crippen molar-refractivity contribution in [1.29, 1.82) is 0 Å². The normalized spacial score (nSPS) is 15.0. The zero-order valence-electron chi connectivity index (χ0n) is 17.6. The van der Waals surface area contributed by atoms with Crippen molar-refractivity contribution in [3.8, 4) is 0 Å². The molecular formula is C22H17Cl2F6FeN3. The van der Waals surface area contributed by atoms with Gasteiger partial charge in [-0.15, -0.1) is 0 Å². The van der Waals surface area contributed by atoms with Gasteiger partial charge in [-0.25, -0.2) is 4.99 Å². The molecular weight excluding hydrogens is 547 g/mol. The Morgan fingerprint density at radius 3 is 1.53 bits per heavy atom. The maximum absolute atomic E-state index is 12.7. The molecule has 0 aromatic heterocycles. The van der Waals surface area contributed by atoms with E-state index in [4.69, 9.17) is 20.2 Å². The summed E-state index contributed by atoms with van der Waals surface area (Å²) in [5.74, 6) is 0. The molecule has 0 spiro atoms. The third-order valence-corrected chi connectivity index (χ3v) is 4.52. The standard InChI is InChI=1S/C22H17F6N3.2ClH.Fe/c1-13(29-17-7-3-15(4-8-17)21(23,24)25)19-11-12-20(31-19)14(2)30-18-9-5-16(6-10-18)22(26,27)28;;;/h3-11H,12H2,1-2H3;2*1H;/q;;;+2/p-2. The van der Waals surface area contributed by atoms with E-state index >= 15 is 0 Å². The average Bonchev–Trinajstić information content (AvgIpc) is 3.24. The molecule has 3 nitrogen and oxygen atoms in total. The van der Waals surface area contributed by atoms with Crippen LogP contribution in [0.1, 0.15) is 31.4 Å². The molecule has 0 amide bonds. The number of halogens is 8. The van der Waals surface area contributed by atoms with Gasteiger partial charge in [-0.3, -0.25) is 9.98 Å². The van der Waals surface area contributed by atoms with Crippen LogP contribution in [-0.2, 0) is 25.5 Å². The molecule has 0 N–H and O–H groups in total. The maximum atomic E-state index is 12.7. The van der Waals surface area contributed by atoms with Gasteiger partial charge < -0.3 is 0 Å². The van der Waals surface area contributed by atoms with E-state index in [1.807, 2.05) is 6.08 Å². The van der Waals surface area contributed by atoms with Crippen LogP contribution in [0.15, 0.2) is 75.3 Å². The zero-order chi connectivity index (χ0) is 25.5. The van der Waals surface area contributed by atoms with Crippen LogP contribution in [0.4, 0.5) is 37.7 Å². The van der Waals surface area contributed by atoms with Crippen molar-refractivity contribution in [1.82, 2.24) is 0 Å². The van der Waals surface area contributed by atoms with E-state index in [0.717, 1.165) is 24.3 Å². The summed E-state index contributed by atoms with van der Waals surface area (Å²) in [4.78, 5) is 13.1. The van der Waals surface area contributed by atoms with E-state index in [9.17, 15) is 26.3 Å². The molecule has 1 aliphatic heterocycles. The summed E-state index contributed by atoms with van der Waals surface area (Å²) in [5.41, 5.74) is 1.52. The molecule has 0 bridgehead atoms. The van der Waals surface area contributed by atoms with Crippen LogP contribution in [0.25, 0.3) is 0 Å². The molecule has 34 heavy (non-hydrogen) atoms. The summed E-state index contributed by atoms with van der Waals surface area (Å²) >= 11 is 0.194.